The van der Waals surface area contributed by atoms with Crippen LogP contribution in [0.5, 0.6) is 0 Å². The SMILES string of the molecule is C[N+]1(C)[C@H]2CC[C@H]1CC(=NO)C2. The van der Waals surface area contributed by atoms with Crippen molar-refractivity contribution >= 4 is 5.71 Å². The summed E-state index contributed by atoms with van der Waals surface area (Å²) in [5.74, 6) is 0. The van der Waals surface area contributed by atoms with E-state index in [1.807, 2.05) is 0 Å². The molecule has 1 N–H and O–H groups in total. The van der Waals surface area contributed by atoms with E-state index in [2.05, 4.69) is 19.3 Å². The van der Waals surface area contributed by atoms with Gasteiger partial charge >= 0.3 is 0 Å². The van der Waals surface area contributed by atoms with Gasteiger partial charge in [-0.05, 0) is 0 Å². The topological polar surface area (TPSA) is 32.6 Å². The van der Waals surface area contributed by atoms with Gasteiger partial charge in [-0.3, -0.25) is 0 Å². The molecule has 2 fully saturated rings. The molecule has 2 heterocycles. The van der Waals surface area contributed by atoms with Gasteiger partial charge in [-0.1, -0.05) is 5.16 Å². The fraction of sp³-hybridized carbons (Fsp3) is 0.889. The number of oxime groups is 1. The first-order valence-corrected chi connectivity index (χ1v) is 4.67. The fourth-order valence-electron chi connectivity index (χ4n) is 2.73. The summed E-state index contributed by atoms with van der Waals surface area (Å²) in [6.07, 6.45) is 4.60. The Labute approximate surface area is 73.3 Å². The van der Waals surface area contributed by atoms with Gasteiger partial charge in [0, 0.05) is 25.7 Å². The number of hydrogen-bond donors (Lipinski definition) is 1. The van der Waals surface area contributed by atoms with E-state index in [1.54, 1.807) is 0 Å². The van der Waals surface area contributed by atoms with E-state index in [0.29, 0.717) is 12.1 Å². The Bertz CT molecular complexity index is 205. The molecule has 0 aromatic heterocycles. The molecule has 0 radical (unpaired) electrons. The highest BCUT2D eigenvalue weighted by Crippen LogP contribution is 2.38. The maximum absolute atomic E-state index is 8.71. The summed E-state index contributed by atoms with van der Waals surface area (Å²) >= 11 is 0. The van der Waals surface area contributed by atoms with Gasteiger partial charge in [0.05, 0.1) is 31.9 Å². The van der Waals surface area contributed by atoms with Crippen LogP contribution in [-0.2, 0) is 0 Å². The maximum Gasteiger partial charge on any atom is 0.0944 e. The molecule has 0 aliphatic carbocycles. The summed E-state index contributed by atoms with van der Waals surface area (Å²) in [5, 5.41) is 12.1. The van der Waals surface area contributed by atoms with E-state index in [-0.39, 0.29) is 0 Å². The number of nitrogens with zero attached hydrogens (tertiary/aromatic N) is 2. The molecule has 2 saturated heterocycles. The quantitative estimate of drug-likeness (QED) is 0.330. The zero-order valence-electron chi connectivity index (χ0n) is 7.82. The van der Waals surface area contributed by atoms with Gasteiger partial charge in [-0.2, -0.15) is 0 Å². The molecule has 2 aliphatic heterocycles. The molecule has 0 aromatic carbocycles. The highest BCUT2D eigenvalue weighted by molar-refractivity contribution is 5.85. The molecule has 2 atom stereocenters. The molecular formula is C9H17N2O+. The lowest BCUT2D eigenvalue weighted by molar-refractivity contribution is -0.926. The zero-order chi connectivity index (χ0) is 8.77. The molecule has 0 unspecified atom stereocenters. The van der Waals surface area contributed by atoms with E-state index in [9.17, 15) is 0 Å². The molecule has 2 bridgehead atoms. The summed E-state index contributed by atoms with van der Waals surface area (Å²) in [5.41, 5.74) is 1.01. The molecule has 0 aromatic rings. The van der Waals surface area contributed by atoms with Crippen molar-refractivity contribution in [3.8, 4) is 0 Å². The lowest BCUT2D eigenvalue weighted by atomic mass is 9.99. The Morgan fingerprint density at radius 1 is 1.25 bits per heavy atom. The molecule has 0 saturated carbocycles. The average molecular weight is 169 g/mol. The van der Waals surface area contributed by atoms with Crippen LogP contribution in [0.3, 0.4) is 0 Å². The van der Waals surface area contributed by atoms with Gasteiger partial charge in [0.15, 0.2) is 0 Å². The number of hydrogen-bond acceptors (Lipinski definition) is 2. The highest BCUT2D eigenvalue weighted by atomic mass is 16.4. The van der Waals surface area contributed by atoms with Crippen molar-refractivity contribution in [3.05, 3.63) is 0 Å². The van der Waals surface area contributed by atoms with Crippen LogP contribution < -0.4 is 0 Å². The van der Waals surface area contributed by atoms with Gasteiger partial charge in [0.2, 0.25) is 0 Å². The average Bonchev–Trinajstić information content (AvgIpc) is 2.29. The summed E-state index contributed by atoms with van der Waals surface area (Å²) < 4.78 is 1.14. The number of piperidine rings is 1. The molecule has 0 amide bonds. The number of quaternary nitrogens is 1. The zero-order valence-corrected chi connectivity index (χ0v) is 7.82. The van der Waals surface area contributed by atoms with Crippen LogP contribution in [0.4, 0.5) is 0 Å². The van der Waals surface area contributed by atoms with Crippen LogP contribution in [0.15, 0.2) is 5.16 Å². The second kappa shape index (κ2) is 2.46. The van der Waals surface area contributed by atoms with E-state index in [4.69, 9.17) is 5.21 Å². The maximum atomic E-state index is 8.71. The largest absolute Gasteiger partial charge is 0.411 e. The van der Waals surface area contributed by atoms with Crippen LogP contribution in [0.2, 0.25) is 0 Å². The van der Waals surface area contributed by atoms with Crippen molar-refractivity contribution in [1.82, 2.24) is 0 Å². The second-order valence-corrected chi connectivity index (χ2v) is 4.59. The van der Waals surface area contributed by atoms with Crippen molar-refractivity contribution in [2.75, 3.05) is 14.1 Å². The molecule has 0 spiro atoms. The van der Waals surface area contributed by atoms with Gasteiger partial charge in [0.25, 0.3) is 0 Å². The minimum atomic E-state index is 0.703. The van der Waals surface area contributed by atoms with Crippen molar-refractivity contribution < 1.29 is 9.69 Å². The first kappa shape index (κ1) is 8.05. The van der Waals surface area contributed by atoms with Crippen molar-refractivity contribution in [1.29, 1.82) is 0 Å². The Hall–Kier alpha value is -0.570. The van der Waals surface area contributed by atoms with Crippen LogP contribution >= 0.6 is 0 Å². The third-order valence-electron chi connectivity index (χ3n) is 3.80. The smallest absolute Gasteiger partial charge is 0.0944 e. The number of fused-ring (bicyclic) bond motifs is 2. The first-order valence-electron chi connectivity index (χ1n) is 4.67. The molecule has 3 heteroatoms. The minimum Gasteiger partial charge on any atom is -0.411 e. The Kier molecular flexibility index (Phi) is 1.65. The molecule has 12 heavy (non-hydrogen) atoms. The molecule has 3 nitrogen and oxygen atoms in total. The van der Waals surface area contributed by atoms with Gasteiger partial charge in [0.1, 0.15) is 0 Å². The van der Waals surface area contributed by atoms with Gasteiger partial charge in [-0.15, -0.1) is 0 Å². The van der Waals surface area contributed by atoms with Crippen molar-refractivity contribution in [2.24, 2.45) is 5.16 Å². The normalized spacial score (nSPS) is 38.3. The Morgan fingerprint density at radius 2 is 1.75 bits per heavy atom. The summed E-state index contributed by atoms with van der Waals surface area (Å²) in [6, 6.07) is 1.41. The third-order valence-corrected chi connectivity index (χ3v) is 3.80. The van der Waals surface area contributed by atoms with Crippen LogP contribution in [0, 0.1) is 0 Å². The van der Waals surface area contributed by atoms with Crippen molar-refractivity contribution in [2.45, 2.75) is 37.8 Å². The van der Waals surface area contributed by atoms with Crippen LogP contribution in [0.25, 0.3) is 0 Å². The van der Waals surface area contributed by atoms with Gasteiger partial charge < -0.3 is 9.69 Å². The standard InChI is InChI=1S/C9H16N2O/c1-11(2)8-3-4-9(11)6-7(5-8)10-12/h8-9H,3-6H2,1-2H3/p+1/t8-,9-/m0/s1. The van der Waals surface area contributed by atoms with Crippen LogP contribution in [-0.4, -0.2) is 41.6 Å². The Morgan fingerprint density at radius 3 is 2.17 bits per heavy atom. The predicted molar refractivity (Wildman–Crippen MR) is 47.4 cm³/mol. The summed E-state index contributed by atoms with van der Waals surface area (Å²) in [4.78, 5) is 0. The monoisotopic (exact) mass is 169 g/mol. The van der Waals surface area contributed by atoms with E-state index < -0.39 is 0 Å². The third kappa shape index (κ3) is 0.959. The minimum absolute atomic E-state index is 0.703. The fourth-order valence-corrected chi connectivity index (χ4v) is 2.73. The highest BCUT2D eigenvalue weighted by Gasteiger charge is 2.47. The summed E-state index contributed by atoms with van der Waals surface area (Å²) in [6.45, 7) is 0. The molecule has 68 valence electrons. The van der Waals surface area contributed by atoms with Gasteiger partial charge in [-0.25, -0.2) is 0 Å². The lowest BCUT2D eigenvalue weighted by Gasteiger charge is -2.41. The molecule has 2 aliphatic rings. The van der Waals surface area contributed by atoms with Crippen molar-refractivity contribution in [3.63, 3.8) is 0 Å². The first-order chi connectivity index (χ1) is 5.64. The predicted octanol–water partition coefficient (Wildman–Crippen LogP) is 1.22. The molecule has 2 rings (SSSR count). The summed E-state index contributed by atoms with van der Waals surface area (Å²) in [7, 11) is 4.60. The van der Waals surface area contributed by atoms with E-state index in [1.165, 1.54) is 12.8 Å². The lowest BCUT2D eigenvalue weighted by Crippen LogP contribution is -2.54. The van der Waals surface area contributed by atoms with E-state index >= 15 is 0 Å². The Balaban J connectivity index is 2.22. The second-order valence-electron chi connectivity index (χ2n) is 4.59. The molecular weight excluding hydrogens is 152 g/mol. The van der Waals surface area contributed by atoms with E-state index in [0.717, 1.165) is 23.0 Å². The number of rotatable bonds is 0. The van der Waals surface area contributed by atoms with Crippen LogP contribution in [0.1, 0.15) is 25.7 Å².